The number of Topliss-reactive ketones (excluding diaryl/α,β-unsaturated/α-hetero) is 1. The molecule has 3 aromatic carbocycles. The van der Waals surface area contributed by atoms with Crippen molar-refractivity contribution in [2.75, 3.05) is 5.32 Å². The molecule has 1 aliphatic heterocycles. The smallest absolute Gasteiger partial charge is 0.161 e. The number of carbonyl (C=O) groups is 1. The highest BCUT2D eigenvalue weighted by Gasteiger charge is 2.37. The Labute approximate surface area is 181 Å². The minimum Gasteiger partial charge on any atom is -0.460 e. The number of aryl methyl sites for hydroxylation is 1. The minimum absolute atomic E-state index is 0.190. The van der Waals surface area contributed by atoms with Crippen LogP contribution in [0.1, 0.15) is 42.1 Å². The van der Waals surface area contributed by atoms with Gasteiger partial charge in [-0.05, 0) is 54.3 Å². The van der Waals surface area contributed by atoms with Crippen molar-refractivity contribution < 1.29 is 9.21 Å². The normalized spacial score (nSPS) is 18.0. The van der Waals surface area contributed by atoms with Crippen LogP contribution in [0.5, 0.6) is 0 Å². The van der Waals surface area contributed by atoms with E-state index >= 15 is 0 Å². The van der Waals surface area contributed by atoms with Gasteiger partial charge in [0.25, 0.3) is 0 Å². The van der Waals surface area contributed by atoms with Gasteiger partial charge in [-0.15, -0.1) is 0 Å². The molecule has 0 fully saturated rings. The summed E-state index contributed by atoms with van der Waals surface area (Å²) in [6.45, 7) is 2.08. The van der Waals surface area contributed by atoms with Gasteiger partial charge in [0.1, 0.15) is 11.5 Å². The van der Waals surface area contributed by atoms with Gasteiger partial charge in [-0.25, -0.2) is 0 Å². The van der Waals surface area contributed by atoms with Gasteiger partial charge in [0, 0.05) is 28.9 Å². The summed E-state index contributed by atoms with van der Waals surface area (Å²) < 4.78 is 6.44. The molecule has 3 nitrogen and oxygen atoms in total. The van der Waals surface area contributed by atoms with Crippen LogP contribution in [-0.4, -0.2) is 5.78 Å². The van der Waals surface area contributed by atoms with Crippen LogP contribution >= 0.6 is 0 Å². The average molecular weight is 405 g/mol. The van der Waals surface area contributed by atoms with Gasteiger partial charge in [0.05, 0.1) is 5.92 Å². The molecule has 1 N–H and O–H groups in total. The summed E-state index contributed by atoms with van der Waals surface area (Å²) in [4.78, 5) is 13.1. The topological polar surface area (TPSA) is 42.2 Å². The fourth-order valence-corrected chi connectivity index (χ4v) is 5.02. The number of anilines is 1. The molecule has 1 unspecified atom stereocenters. The molecule has 4 aromatic rings. The summed E-state index contributed by atoms with van der Waals surface area (Å²) in [5, 5.41) is 5.92. The highest BCUT2D eigenvalue weighted by molar-refractivity contribution is 6.03. The first-order chi connectivity index (χ1) is 15.2. The van der Waals surface area contributed by atoms with Gasteiger partial charge in [-0.1, -0.05) is 60.2 Å². The van der Waals surface area contributed by atoms with Gasteiger partial charge in [0.2, 0.25) is 0 Å². The number of fused-ring (bicyclic) bond motifs is 3. The van der Waals surface area contributed by atoms with E-state index in [0.29, 0.717) is 6.42 Å². The first kappa shape index (κ1) is 18.2. The molecule has 2 aliphatic rings. The predicted molar refractivity (Wildman–Crippen MR) is 124 cm³/mol. The largest absolute Gasteiger partial charge is 0.460 e. The SMILES string of the molecule is Cc1ccc(-c2ccc(C3C4=C(CCCC4=O)Nc4ccc5ccccc5c43)o2)cc1. The molecule has 0 saturated carbocycles. The summed E-state index contributed by atoms with van der Waals surface area (Å²) in [7, 11) is 0. The third-order valence-corrected chi connectivity index (χ3v) is 6.54. The molecule has 1 atom stereocenters. The van der Waals surface area contributed by atoms with Gasteiger partial charge >= 0.3 is 0 Å². The van der Waals surface area contributed by atoms with Crippen LogP contribution in [0.25, 0.3) is 22.1 Å². The maximum Gasteiger partial charge on any atom is 0.161 e. The van der Waals surface area contributed by atoms with Crippen molar-refractivity contribution in [3.8, 4) is 11.3 Å². The van der Waals surface area contributed by atoms with E-state index in [-0.39, 0.29) is 11.7 Å². The number of hydrogen-bond donors (Lipinski definition) is 1. The quantitative estimate of drug-likeness (QED) is 0.391. The average Bonchev–Trinajstić information content (AvgIpc) is 3.28. The van der Waals surface area contributed by atoms with Crippen molar-refractivity contribution in [2.24, 2.45) is 0 Å². The van der Waals surface area contributed by atoms with Crippen LogP contribution in [0.2, 0.25) is 0 Å². The Kier molecular flexibility index (Phi) is 4.10. The number of rotatable bonds is 2. The molecule has 0 spiro atoms. The second kappa shape index (κ2) is 6.98. The molecular formula is C28H23NO2. The Morgan fingerprint density at radius 1 is 0.903 bits per heavy atom. The summed E-state index contributed by atoms with van der Waals surface area (Å²) in [5.41, 5.74) is 6.41. The van der Waals surface area contributed by atoms with Crippen molar-refractivity contribution in [3.05, 3.63) is 101 Å². The van der Waals surface area contributed by atoms with Crippen LogP contribution in [0.3, 0.4) is 0 Å². The van der Waals surface area contributed by atoms with Crippen LogP contribution in [-0.2, 0) is 4.79 Å². The lowest BCUT2D eigenvalue weighted by Crippen LogP contribution is -2.26. The number of carbonyl (C=O) groups excluding carboxylic acids is 1. The third-order valence-electron chi connectivity index (χ3n) is 6.54. The molecule has 3 heteroatoms. The molecule has 0 radical (unpaired) electrons. The Balaban J connectivity index is 1.57. The summed E-state index contributed by atoms with van der Waals surface area (Å²) in [6.07, 6.45) is 2.39. The molecular weight excluding hydrogens is 382 g/mol. The maximum atomic E-state index is 13.1. The Morgan fingerprint density at radius 3 is 2.61 bits per heavy atom. The summed E-state index contributed by atoms with van der Waals surface area (Å²) in [6, 6.07) is 25.1. The lowest BCUT2D eigenvalue weighted by molar-refractivity contribution is -0.116. The first-order valence-electron chi connectivity index (χ1n) is 10.9. The van der Waals surface area contributed by atoms with E-state index in [1.165, 1.54) is 10.9 Å². The fourth-order valence-electron chi connectivity index (χ4n) is 5.02. The predicted octanol–water partition coefficient (Wildman–Crippen LogP) is 6.97. The van der Waals surface area contributed by atoms with Gasteiger partial charge in [0.15, 0.2) is 5.78 Å². The highest BCUT2D eigenvalue weighted by atomic mass is 16.3. The molecule has 1 aromatic heterocycles. The van der Waals surface area contributed by atoms with E-state index in [2.05, 4.69) is 72.9 Å². The fraction of sp³-hybridized carbons (Fsp3) is 0.179. The van der Waals surface area contributed by atoms with Crippen LogP contribution in [0.4, 0.5) is 5.69 Å². The molecule has 1 aliphatic carbocycles. The first-order valence-corrected chi connectivity index (χ1v) is 10.9. The molecule has 31 heavy (non-hydrogen) atoms. The third kappa shape index (κ3) is 2.92. The molecule has 152 valence electrons. The van der Waals surface area contributed by atoms with Crippen LogP contribution < -0.4 is 5.32 Å². The lowest BCUT2D eigenvalue weighted by Gasteiger charge is -2.33. The molecule has 6 rings (SSSR count). The second-order valence-corrected chi connectivity index (χ2v) is 8.54. The number of benzene rings is 3. The Hall–Kier alpha value is -3.59. The second-order valence-electron chi connectivity index (χ2n) is 8.54. The molecule has 0 saturated heterocycles. The van der Waals surface area contributed by atoms with Gasteiger partial charge < -0.3 is 9.73 Å². The molecule has 0 bridgehead atoms. The van der Waals surface area contributed by atoms with E-state index in [0.717, 1.165) is 57.8 Å². The maximum absolute atomic E-state index is 13.1. The summed E-state index contributed by atoms with van der Waals surface area (Å²) >= 11 is 0. The van der Waals surface area contributed by atoms with Crippen molar-refractivity contribution >= 4 is 22.2 Å². The van der Waals surface area contributed by atoms with Crippen molar-refractivity contribution in [2.45, 2.75) is 32.1 Å². The monoisotopic (exact) mass is 405 g/mol. The van der Waals surface area contributed by atoms with Gasteiger partial charge in [-0.2, -0.15) is 0 Å². The zero-order valence-electron chi connectivity index (χ0n) is 17.4. The number of ketones is 1. The van der Waals surface area contributed by atoms with Crippen LogP contribution in [0, 0.1) is 6.92 Å². The van der Waals surface area contributed by atoms with E-state index in [1.807, 2.05) is 12.1 Å². The highest BCUT2D eigenvalue weighted by Crippen LogP contribution is 2.48. The van der Waals surface area contributed by atoms with Crippen molar-refractivity contribution in [1.82, 2.24) is 0 Å². The number of allylic oxidation sites excluding steroid dienone is 2. The minimum atomic E-state index is -0.190. The number of hydrogen-bond acceptors (Lipinski definition) is 3. The Morgan fingerprint density at radius 2 is 1.74 bits per heavy atom. The van der Waals surface area contributed by atoms with Crippen LogP contribution in [0.15, 0.2) is 88.5 Å². The standard InChI is InChI=1S/C28H23NO2/c1-17-9-11-19(12-10-17)24-15-16-25(31-24)28-26-20-6-3-2-5-18(20)13-14-22(26)29-21-7-4-8-23(30)27(21)28/h2-3,5-6,9-16,28-29H,4,7-8H2,1H3. The summed E-state index contributed by atoms with van der Waals surface area (Å²) in [5.74, 6) is 1.70. The zero-order valence-corrected chi connectivity index (χ0v) is 17.4. The Bertz CT molecular complexity index is 1360. The van der Waals surface area contributed by atoms with E-state index in [9.17, 15) is 4.79 Å². The van der Waals surface area contributed by atoms with Crippen molar-refractivity contribution in [1.29, 1.82) is 0 Å². The van der Waals surface area contributed by atoms with E-state index < -0.39 is 0 Å². The number of furan rings is 1. The van der Waals surface area contributed by atoms with E-state index in [4.69, 9.17) is 4.42 Å². The zero-order chi connectivity index (χ0) is 20.9. The van der Waals surface area contributed by atoms with Crippen molar-refractivity contribution in [3.63, 3.8) is 0 Å². The number of nitrogens with one attached hydrogen (secondary N) is 1. The molecule has 0 amide bonds. The van der Waals surface area contributed by atoms with E-state index in [1.54, 1.807) is 0 Å². The molecule has 2 heterocycles. The van der Waals surface area contributed by atoms with Gasteiger partial charge in [-0.3, -0.25) is 4.79 Å². The lowest BCUT2D eigenvalue weighted by atomic mass is 9.76.